The van der Waals surface area contributed by atoms with E-state index in [1.165, 1.54) is 0 Å². The molecule has 1 N–H and O–H groups in total. The summed E-state index contributed by atoms with van der Waals surface area (Å²) >= 11 is 0. The van der Waals surface area contributed by atoms with Gasteiger partial charge < -0.3 is 9.84 Å². The molecule has 5 heteroatoms. The minimum atomic E-state index is -0.606. The van der Waals surface area contributed by atoms with E-state index >= 15 is 0 Å². The summed E-state index contributed by atoms with van der Waals surface area (Å²) in [6, 6.07) is 19.1. The van der Waals surface area contributed by atoms with Crippen LogP contribution in [0.25, 0.3) is 0 Å². The van der Waals surface area contributed by atoms with Gasteiger partial charge in [0.25, 0.3) is 0 Å². The Morgan fingerprint density at radius 1 is 1.00 bits per heavy atom. The Labute approximate surface area is 128 Å². The Morgan fingerprint density at radius 2 is 1.68 bits per heavy atom. The van der Waals surface area contributed by atoms with Gasteiger partial charge in [0, 0.05) is 0 Å². The lowest BCUT2D eigenvalue weighted by Gasteiger charge is -2.09. The van der Waals surface area contributed by atoms with E-state index in [1.54, 1.807) is 10.9 Å². The third-order valence-electron chi connectivity index (χ3n) is 3.26. The lowest BCUT2D eigenvalue weighted by atomic mass is 10.1. The van der Waals surface area contributed by atoms with Crippen LogP contribution in [-0.4, -0.2) is 20.1 Å². The molecule has 0 aliphatic carbocycles. The molecule has 1 heterocycles. The maximum atomic E-state index is 10.2. The quantitative estimate of drug-likeness (QED) is 0.759. The highest BCUT2D eigenvalue weighted by Gasteiger charge is 2.09. The van der Waals surface area contributed by atoms with E-state index in [-0.39, 0.29) is 0 Å². The van der Waals surface area contributed by atoms with Crippen LogP contribution in [0.5, 0.6) is 5.75 Å². The first-order valence-electron chi connectivity index (χ1n) is 7.11. The smallest absolute Gasteiger partial charge is 0.134 e. The zero-order chi connectivity index (χ0) is 15.2. The van der Waals surface area contributed by atoms with Gasteiger partial charge in [-0.2, -0.15) is 0 Å². The van der Waals surface area contributed by atoms with E-state index in [1.807, 2.05) is 60.7 Å². The predicted octanol–water partition coefficient (Wildman–Crippen LogP) is 2.59. The minimum absolute atomic E-state index is 0.353. The predicted molar refractivity (Wildman–Crippen MR) is 82.2 cm³/mol. The van der Waals surface area contributed by atoms with Gasteiger partial charge in [-0.15, -0.1) is 5.10 Å². The van der Waals surface area contributed by atoms with Crippen LogP contribution in [0.15, 0.2) is 66.9 Å². The van der Waals surface area contributed by atoms with E-state index in [0.717, 1.165) is 17.0 Å². The van der Waals surface area contributed by atoms with Crippen LogP contribution in [0, 0.1) is 0 Å². The summed E-state index contributed by atoms with van der Waals surface area (Å²) in [6.07, 6.45) is 1.18. The van der Waals surface area contributed by atoms with Crippen LogP contribution in [0.3, 0.4) is 0 Å². The molecular formula is C17H17N3O2. The highest BCUT2D eigenvalue weighted by atomic mass is 16.5. The van der Waals surface area contributed by atoms with E-state index in [0.29, 0.717) is 13.2 Å². The summed E-state index contributed by atoms with van der Waals surface area (Å²) in [7, 11) is 0. The number of benzene rings is 2. The lowest BCUT2D eigenvalue weighted by molar-refractivity contribution is 0.150. The number of rotatable bonds is 6. The Balaban J connectivity index is 1.57. The fourth-order valence-corrected chi connectivity index (χ4v) is 2.13. The molecule has 0 fully saturated rings. The first-order valence-corrected chi connectivity index (χ1v) is 7.11. The van der Waals surface area contributed by atoms with E-state index < -0.39 is 6.10 Å². The number of hydrogen-bond donors (Lipinski definition) is 1. The molecule has 0 saturated carbocycles. The fourth-order valence-electron chi connectivity index (χ4n) is 2.13. The Hall–Kier alpha value is -2.66. The molecule has 0 spiro atoms. The van der Waals surface area contributed by atoms with E-state index in [4.69, 9.17) is 4.74 Å². The van der Waals surface area contributed by atoms with Gasteiger partial charge in [0.15, 0.2) is 0 Å². The largest absolute Gasteiger partial charge is 0.487 e. The fraction of sp³-hybridized carbons (Fsp3) is 0.176. The summed E-state index contributed by atoms with van der Waals surface area (Å²) in [6.45, 7) is 0.716. The summed E-state index contributed by atoms with van der Waals surface area (Å²) in [5.74, 6) is 0.793. The maximum absolute atomic E-state index is 10.2. The van der Waals surface area contributed by atoms with Gasteiger partial charge in [-0.1, -0.05) is 53.7 Å². The summed E-state index contributed by atoms with van der Waals surface area (Å²) in [5, 5.41) is 18.2. The number of aliphatic hydroxyl groups is 1. The molecular weight excluding hydrogens is 278 g/mol. The van der Waals surface area contributed by atoms with Crippen molar-refractivity contribution in [2.45, 2.75) is 19.3 Å². The van der Waals surface area contributed by atoms with Gasteiger partial charge >= 0.3 is 0 Å². The van der Waals surface area contributed by atoms with Crippen molar-refractivity contribution >= 4 is 0 Å². The minimum Gasteiger partial charge on any atom is -0.487 e. The van der Waals surface area contributed by atoms with Crippen molar-refractivity contribution in [1.82, 2.24) is 15.0 Å². The zero-order valence-corrected chi connectivity index (χ0v) is 12.0. The number of nitrogens with zero attached hydrogens (tertiary/aromatic N) is 3. The molecule has 0 bridgehead atoms. The molecule has 3 rings (SSSR count). The Kier molecular flexibility index (Phi) is 4.46. The molecule has 0 aliphatic heterocycles. The molecule has 22 heavy (non-hydrogen) atoms. The van der Waals surface area contributed by atoms with Gasteiger partial charge in [-0.05, 0) is 17.7 Å². The van der Waals surface area contributed by atoms with Crippen LogP contribution in [0.2, 0.25) is 0 Å². The molecule has 0 radical (unpaired) electrons. The van der Waals surface area contributed by atoms with Gasteiger partial charge in [-0.3, -0.25) is 0 Å². The van der Waals surface area contributed by atoms with Gasteiger partial charge in [-0.25, -0.2) is 4.68 Å². The number of ether oxygens (including phenoxy) is 1. The second-order valence-corrected chi connectivity index (χ2v) is 4.96. The van der Waals surface area contributed by atoms with Gasteiger partial charge in [0.1, 0.15) is 18.1 Å². The Bertz CT molecular complexity index is 698. The monoisotopic (exact) mass is 295 g/mol. The van der Waals surface area contributed by atoms with Crippen LogP contribution >= 0.6 is 0 Å². The van der Waals surface area contributed by atoms with Crippen LogP contribution in [-0.2, 0) is 13.2 Å². The topological polar surface area (TPSA) is 60.2 Å². The lowest BCUT2D eigenvalue weighted by Crippen LogP contribution is -2.09. The van der Waals surface area contributed by atoms with Crippen LogP contribution in [0.1, 0.15) is 17.4 Å². The normalized spacial score (nSPS) is 12.0. The van der Waals surface area contributed by atoms with Crippen LogP contribution < -0.4 is 4.74 Å². The molecule has 5 nitrogen and oxygen atoms in total. The molecule has 0 saturated heterocycles. The third-order valence-corrected chi connectivity index (χ3v) is 3.26. The molecule has 3 aromatic rings. The number of hydrogen-bond acceptors (Lipinski definition) is 4. The zero-order valence-electron chi connectivity index (χ0n) is 12.0. The van der Waals surface area contributed by atoms with Crippen molar-refractivity contribution in [1.29, 1.82) is 0 Å². The van der Waals surface area contributed by atoms with Crippen molar-refractivity contribution in [3.8, 4) is 5.75 Å². The summed E-state index contributed by atoms with van der Waals surface area (Å²) < 4.78 is 7.24. The molecule has 0 aliphatic rings. The SMILES string of the molecule is OC(Cn1cc(COc2ccccc2)nn1)c1ccccc1. The molecule has 112 valence electrons. The molecule has 1 atom stereocenters. The first kappa shape index (κ1) is 14.3. The highest BCUT2D eigenvalue weighted by molar-refractivity contribution is 5.21. The second-order valence-electron chi connectivity index (χ2n) is 4.96. The average Bonchev–Trinajstić information content (AvgIpc) is 3.02. The molecule has 1 aromatic heterocycles. The average molecular weight is 295 g/mol. The molecule has 1 unspecified atom stereocenters. The highest BCUT2D eigenvalue weighted by Crippen LogP contribution is 2.14. The summed E-state index contributed by atoms with van der Waals surface area (Å²) in [4.78, 5) is 0. The number of aliphatic hydroxyl groups excluding tert-OH is 1. The second kappa shape index (κ2) is 6.87. The van der Waals surface area contributed by atoms with Crippen molar-refractivity contribution in [2.24, 2.45) is 0 Å². The Morgan fingerprint density at radius 3 is 2.41 bits per heavy atom. The van der Waals surface area contributed by atoms with Crippen molar-refractivity contribution < 1.29 is 9.84 Å². The number of aromatic nitrogens is 3. The van der Waals surface area contributed by atoms with Crippen molar-refractivity contribution in [2.75, 3.05) is 0 Å². The maximum Gasteiger partial charge on any atom is 0.134 e. The first-order chi connectivity index (χ1) is 10.8. The van der Waals surface area contributed by atoms with E-state index in [2.05, 4.69) is 10.3 Å². The molecule has 0 amide bonds. The molecule has 2 aromatic carbocycles. The van der Waals surface area contributed by atoms with Crippen molar-refractivity contribution in [3.05, 3.63) is 78.1 Å². The summed E-state index contributed by atoms with van der Waals surface area (Å²) in [5.41, 5.74) is 1.59. The van der Waals surface area contributed by atoms with Gasteiger partial charge in [0.05, 0.1) is 18.8 Å². The third kappa shape index (κ3) is 3.71. The standard InChI is InChI=1S/C17H17N3O2/c21-17(14-7-3-1-4-8-14)12-20-11-15(18-19-20)13-22-16-9-5-2-6-10-16/h1-11,17,21H,12-13H2. The van der Waals surface area contributed by atoms with Gasteiger partial charge in [0.2, 0.25) is 0 Å². The van der Waals surface area contributed by atoms with Crippen molar-refractivity contribution in [3.63, 3.8) is 0 Å². The number of para-hydroxylation sites is 1. The van der Waals surface area contributed by atoms with Crippen LogP contribution in [0.4, 0.5) is 0 Å². The van der Waals surface area contributed by atoms with E-state index in [9.17, 15) is 5.11 Å².